The fourth-order valence-electron chi connectivity index (χ4n) is 9.16. The molecule has 200 valence electrons. The SMILES string of the molecule is COc1ccc2c3c1O[C@@H]1[C@]34CCN(CC3CC3)[C@H](C2)[C@@]42C=C(C(=O)N(C)Cc3ccco3)[C@]1(OC)CC2. The second-order valence-electron chi connectivity index (χ2n) is 12.4. The van der Waals surface area contributed by atoms with Gasteiger partial charge in [-0.3, -0.25) is 9.69 Å². The number of carbonyl (C=O) groups excluding carboxylic acids is 1. The van der Waals surface area contributed by atoms with Gasteiger partial charge in [0.15, 0.2) is 11.5 Å². The zero-order valence-electron chi connectivity index (χ0n) is 22.5. The van der Waals surface area contributed by atoms with Crippen molar-refractivity contribution in [1.29, 1.82) is 0 Å². The summed E-state index contributed by atoms with van der Waals surface area (Å²) in [6.45, 7) is 2.65. The lowest BCUT2D eigenvalue weighted by Crippen LogP contribution is -2.78. The van der Waals surface area contributed by atoms with Gasteiger partial charge in [-0.2, -0.15) is 0 Å². The third-order valence-corrected chi connectivity index (χ3v) is 10.9. The van der Waals surface area contributed by atoms with Crippen LogP contribution in [0, 0.1) is 11.3 Å². The maximum absolute atomic E-state index is 14.3. The number of ether oxygens (including phenoxy) is 3. The molecule has 1 saturated heterocycles. The van der Waals surface area contributed by atoms with E-state index >= 15 is 0 Å². The number of rotatable bonds is 7. The lowest BCUT2D eigenvalue weighted by atomic mass is 9.37. The van der Waals surface area contributed by atoms with Crippen LogP contribution in [0.15, 0.2) is 46.6 Å². The van der Waals surface area contributed by atoms with Crippen molar-refractivity contribution in [3.63, 3.8) is 0 Å². The minimum Gasteiger partial charge on any atom is -0.493 e. The number of piperidine rings is 1. The van der Waals surface area contributed by atoms with E-state index in [-0.39, 0.29) is 22.8 Å². The number of carbonyl (C=O) groups is 1. The summed E-state index contributed by atoms with van der Waals surface area (Å²) in [6.07, 6.45) is 10.2. The van der Waals surface area contributed by atoms with Crippen molar-refractivity contribution in [3.8, 4) is 11.5 Å². The molecule has 7 nitrogen and oxygen atoms in total. The van der Waals surface area contributed by atoms with Gasteiger partial charge in [-0.25, -0.2) is 0 Å². The Kier molecular flexibility index (Phi) is 4.67. The van der Waals surface area contributed by atoms with Crippen LogP contribution in [0.4, 0.5) is 0 Å². The standard InChI is InChI=1S/C31H36N2O5/c1-32(18-21-5-4-14-37-21)27(34)22-16-29-10-11-31(22,36-3)28-30(29)12-13-33(17-19-6-7-19)24(29)15-20-8-9-23(35-2)26(38-28)25(20)30/h4-5,8-9,14,16,19,24,28H,6-7,10-13,15,17-18H2,1-3H3/t24-,28-,29-,30+,31-/m1/s1. The van der Waals surface area contributed by atoms with Gasteiger partial charge < -0.3 is 23.5 Å². The normalized spacial score (nSPS) is 35.9. The van der Waals surface area contributed by atoms with E-state index in [1.807, 2.05) is 19.2 Å². The first-order valence-electron chi connectivity index (χ1n) is 14.1. The Labute approximate surface area is 223 Å². The number of nitrogens with zero attached hydrogens (tertiary/aromatic N) is 2. The Morgan fingerprint density at radius 3 is 2.79 bits per heavy atom. The number of likely N-dealkylation sites (N-methyl/N-ethyl adjacent to an activating group) is 1. The number of fused-ring (bicyclic) bond motifs is 1. The summed E-state index contributed by atoms with van der Waals surface area (Å²) in [5, 5.41) is 0. The summed E-state index contributed by atoms with van der Waals surface area (Å²) >= 11 is 0. The first kappa shape index (κ1) is 23.1. The van der Waals surface area contributed by atoms with Crippen molar-refractivity contribution in [1.82, 2.24) is 9.80 Å². The fraction of sp³-hybridized carbons (Fsp3) is 0.581. The molecule has 0 unspecified atom stereocenters. The number of hydrogen-bond donors (Lipinski definition) is 0. The summed E-state index contributed by atoms with van der Waals surface area (Å²) in [7, 11) is 5.34. The average Bonchev–Trinajstić information content (AvgIpc) is 3.45. The van der Waals surface area contributed by atoms with E-state index in [4.69, 9.17) is 18.6 Å². The molecule has 2 aliphatic heterocycles. The summed E-state index contributed by atoms with van der Waals surface area (Å²) in [4.78, 5) is 18.8. The van der Waals surface area contributed by atoms with Crippen LogP contribution in [0.5, 0.6) is 11.5 Å². The van der Waals surface area contributed by atoms with Gasteiger partial charge in [0.25, 0.3) is 5.91 Å². The quantitative estimate of drug-likeness (QED) is 0.553. The second-order valence-corrected chi connectivity index (χ2v) is 12.4. The monoisotopic (exact) mass is 516 g/mol. The van der Waals surface area contributed by atoms with Crippen molar-refractivity contribution < 1.29 is 23.4 Å². The molecule has 3 heterocycles. The highest BCUT2D eigenvalue weighted by molar-refractivity contribution is 5.97. The zero-order chi connectivity index (χ0) is 25.9. The number of benzene rings is 1. The molecule has 0 N–H and O–H groups in total. The van der Waals surface area contributed by atoms with E-state index in [2.05, 4.69) is 23.1 Å². The first-order valence-corrected chi connectivity index (χ1v) is 14.1. The summed E-state index contributed by atoms with van der Waals surface area (Å²) in [6, 6.07) is 8.46. The Morgan fingerprint density at radius 2 is 2.05 bits per heavy atom. The first-order chi connectivity index (χ1) is 18.5. The third kappa shape index (κ3) is 2.65. The predicted octanol–water partition coefficient (Wildman–Crippen LogP) is 4.09. The van der Waals surface area contributed by atoms with Gasteiger partial charge in [-0.1, -0.05) is 12.1 Å². The van der Waals surface area contributed by atoms with Crippen molar-refractivity contribution in [2.45, 2.75) is 68.2 Å². The molecule has 2 aromatic rings. The maximum Gasteiger partial charge on any atom is 0.252 e. The number of likely N-dealkylation sites (tertiary alicyclic amines) is 1. The summed E-state index contributed by atoms with van der Waals surface area (Å²) < 4.78 is 24.9. The van der Waals surface area contributed by atoms with Gasteiger partial charge in [-0.15, -0.1) is 0 Å². The van der Waals surface area contributed by atoms with E-state index in [0.29, 0.717) is 12.6 Å². The summed E-state index contributed by atoms with van der Waals surface area (Å²) in [5.74, 6) is 3.25. The van der Waals surface area contributed by atoms with Gasteiger partial charge >= 0.3 is 0 Å². The molecule has 9 rings (SSSR count). The van der Waals surface area contributed by atoms with Gasteiger partial charge in [0.05, 0.1) is 25.3 Å². The van der Waals surface area contributed by atoms with E-state index in [9.17, 15) is 4.79 Å². The Morgan fingerprint density at radius 1 is 1.18 bits per heavy atom. The highest BCUT2D eigenvalue weighted by Gasteiger charge is 2.79. The topological polar surface area (TPSA) is 64.4 Å². The fourth-order valence-corrected chi connectivity index (χ4v) is 9.16. The number of methoxy groups -OCH3 is 2. The van der Waals surface area contributed by atoms with Gasteiger partial charge in [0.2, 0.25) is 0 Å². The molecule has 7 heteroatoms. The smallest absolute Gasteiger partial charge is 0.252 e. The Bertz CT molecular complexity index is 1350. The molecule has 1 aromatic carbocycles. The molecule has 7 aliphatic rings. The largest absolute Gasteiger partial charge is 0.493 e. The highest BCUT2D eigenvalue weighted by Crippen LogP contribution is 2.75. The lowest BCUT2D eigenvalue weighted by molar-refractivity contribution is -0.198. The lowest BCUT2D eigenvalue weighted by Gasteiger charge is -2.70. The second kappa shape index (κ2) is 7.66. The van der Waals surface area contributed by atoms with Crippen molar-refractivity contribution in [3.05, 3.63) is 59.1 Å². The Hall–Kier alpha value is -2.77. The van der Waals surface area contributed by atoms with Crippen molar-refractivity contribution >= 4 is 5.91 Å². The molecule has 2 saturated carbocycles. The molecule has 1 amide bonds. The molecule has 0 radical (unpaired) electrons. The Balaban J connectivity index is 1.32. The van der Waals surface area contributed by atoms with Crippen LogP contribution in [0.2, 0.25) is 0 Å². The number of amides is 1. The number of hydrogen-bond acceptors (Lipinski definition) is 6. The minimum absolute atomic E-state index is 0.00121. The van der Waals surface area contributed by atoms with E-state index in [1.54, 1.807) is 25.4 Å². The van der Waals surface area contributed by atoms with Gasteiger partial charge in [0, 0.05) is 43.3 Å². The number of furan rings is 1. The van der Waals surface area contributed by atoms with Crippen LogP contribution in [0.25, 0.3) is 0 Å². The van der Waals surface area contributed by atoms with E-state index < -0.39 is 5.60 Å². The van der Waals surface area contributed by atoms with Crippen LogP contribution in [0.3, 0.4) is 0 Å². The van der Waals surface area contributed by atoms with Crippen LogP contribution < -0.4 is 9.47 Å². The molecule has 5 atom stereocenters. The molecule has 4 bridgehead atoms. The van der Waals surface area contributed by atoms with Crippen LogP contribution in [-0.2, 0) is 27.9 Å². The molecule has 3 fully saturated rings. The van der Waals surface area contributed by atoms with Crippen molar-refractivity contribution in [2.24, 2.45) is 11.3 Å². The molecule has 5 aliphatic carbocycles. The van der Waals surface area contributed by atoms with E-state index in [0.717, 1.165) is 67.5 Å². The average molecular weight is 517 g/mol. The zero-order valence-corrected chi connectivity index (χ0v) is 22.5. The third-order valence-electron chi connectivity index (χ3n) is 10.9. The van der Waals surface area contributed by atoms with Crippen LogP contribution in [0.1, 0.15) is 49.0 Å². The van der Waals surface area contributed by atoms with Gasteiger partial charge in [-0.05, 0) is 74.8 Å². The van der Waals surface area contributed by atoms with Crippen molar-refractivity contribution in [2.75, 3.05) is 34.4 Å². The molecule has 2 spiro atoms. The molecular weight excluding hydrogens is 480 g/mol. The van der Waals surface area contributed by atoms with Crippen LogP contribution >= 0.6 is 0 Å². The molecular formula is C31H36N2O5. The predicted molar refractivity (Wildman–Crippen MR) is 140 cm³/mol. The minimum atomic E-state index is -0.807. The molecule has 38 heavy (non-hydrogen) atoms. The highest BCUT2D eigenvalue weighted by atomic mass is 16.6. The molecule has 1 aromatic heterocycles. The summed E-state index contributed by atoms with van der Waals surface area (Å²) in [5.41, 5.74) is 2.28. The van der Waals surface area contributed by atoms with Crippen LogP contribution in [-0.4, -0.2) is 67.8 Å². The van der Waals surface area contributed by atoms with Gasteiger partial charge in [0.1, 0.15) is 17.5 Å². The maximum atomic E-state index is 14.3. The van der Waals surface area contributed by atoms with E-state index in [1.165, 1.54) is 24.0 Å².